The van der Waals surface area contributed by atoms with Gasteiger partial charge in [0, 0.05) is 12.8 Å². The molecule has 1 N–H and O–H groups in total. The van der Waals surface area contributed by atoms with E-state index in [1.807, 2.05) is 7.05 Å². The van der Waals surface area contributed by atoms with Crippen LogP contribution in [0.3, 0.4) is 0 Å². The molecular formula is C18H31NO3. The summed E-state index contributed by atoms with van der Waals surface area (Å²) in [5.41, 5.74) is 1.55. The second-order valence-corrected chi connectivity index (χ2v) is 7.56. The van der Waals surface area contributed by atoms with E-state index in [0.717, 1.165) is 50.5 Å². The summed E-state index contributed by atoms with van der Waals surface area (Å²) in [6.07, 6.45) is 10.2. The summed E-state index contributed by atoms with van der Waals surface area (Å²) < 4.78 is 6.34. The molecule has 2 aliphatic heterocycles. The Kier molecular flexibility index (Phi) is 5.23. The molecular weight excluding hydrogens is 278 g/mol. The highest BCUT2D eigenvalue weighted by molar-refractivity contribution is 5.15. The molecule has 2 unspecified atom stereocenters. The van der Waals surface area contributed by atoms with E-state index in [1.54, 1.807) is 5.57 Å². The summed E-state index contributed by atoms with van der Waals surface area (Å²) in [5.74, 6) is 0.932. The molecule has 0 radical (unpaired) electrons. The van der Waals surface area contributed by atoms with Crippen LogP contribution < -0.4 is 5.32 Å². The van der Waals surface area contributed by atoms with Crippen LogP contribution in [-0.4, -0.2) is 31.6 Å². The highest BCUT2D eigenvalue weighted by atomic mass is 17.2. The van der Waals surface area contributed by atoms with Gasteiger partial charge < -0.3 is 10.1 Å². The van der Waals surface area contributed by atoms with E-state index in [-0.39, 0.29) is 12.2 Å². The van der Waals surface area contributed by atoms with E-state index in [2.05, 4.69) is 25.2 Å². The van der Waals surface area contributed by atoms with Crippen molar-refractivity contribution in [3.8, 4) is 0 Å². The smallest absolute Gasteiger partial charge is 0.202 e. The highest BCUT2D eigenvalue weighted by Crippen LogP contribution is 2.41. The second-order valence-electron chi connectivity index (χ2n) is 7.56. The second kappa shape index (κ2) is 7.00. The molecule has 4 heteroatoms. The monoisotopic (exact) mass is 309 g/mol. The van der Waals surface area contributed by atoms with Crippen molar-refractivity contribution in [1.29, 1.82) is 0 Å². The van der Waals surface area contributed by atoms with Crippen molar-refractivity contribution >= 4 is 0 Å². The third-order valence-electron chi connectivity index (χ3n) is 5.36. The molecule has 126 valence electrons. The lowest BCUT2D eigenvalue weighted by Crippen LogP contribution is -2.43. The largest absolute Gasteiger partial charge is 0.340 e. The molecule has 4 rings (SSSR count). The first kappa shape index (κ1) is 16.4. The normalized spacial score (nSPS) is 43.1. The van der Waals surface area contributed by atoms with Crippen molar-refractivity contribution < 1.29 is 14.5 Å². The Labute approximate surface area is 134 Å². The van der Waals surface area contributed by atoms with E-state index >= 15 is 0 Å². The maximum atomic E-state index is 6.34. The predicted molar refractivity (Wildman–Crippen MR) is 86.2 cm³/mol. The van der Waals surface area contributed by atoms with Crippen molar-refractivity contribution in [1.82, 2.24) is 5.32 Å². The Morgan fingerprint density at radius 3 is 2.64 bits per heavy atom. The number of hydrogen-bond acceptors (Lipinski definition) is 4. The van der Waals surface area contributed by atoms with Gasteiger partial charge >= 0.3 is 0 Å². The van der Waals surface area contributed by atoms with Crippen molar-refractivity contribution in [3.63, 3.8) is 0 Å². The zero-order valence-electron chi connectivity index (χ0n) is 14.3. The number of hydrogen-bond donors (Lipinski definition) is 1. The molecule has 22 heavy (non-hydrogen) atoms. The lowest BCUT2D eigenvalue weighted by atomic mass is 9.76. The first-order valence-corrected chi connectivity index (χ1v) is 8.95. The fraction of sp³-hybridized carbons (Fsp3) is 0.889. The zero-order chi connectivity index (χ0) is 15.6. The maximum Gasteiger partial charge on any atom is 0.202 e. The fourth-order valence-corrected chi connectivity index (χ4v) is 4.20. The number of allylic oxidation sites excluding steroid dienone is 1. The van der Waals surface area contributed by atoms with Gasteiger partial charge in [-0.05, 0) is 71.4 Å². The average Bonchev–Trinajstić information content (AvgIpc) is 2.48. The molecule has 0 aromatic carbocycles. The molecule has 4 aliphatic rings. The molecule has 2 aliphatic carbocycles. The Morgan fingerprint density at radius 2 is 1.95 bits per heavy atom. The first-order valence-electron chi connectivity index (χ1n) is 8.95. The zero-order valence-corrected chi connectivity index (χ0v) is 14.3. The molecule has 2 atom stereocenters. The Bertz CT molecular complexity index is 393. The molecule has 2 heterocycles. The van der Waals surface area contributed by atoms with Gasteiger partial charge in [-0.1, -0.05) is 11.6 Å². The van der Waals surface area contributed by atoms with Crippen LogP contribution in [0.25, 0.3) is 0 Å². The van der Waals surface area contributed by atoms with Crippen LogP contribution in [0.5, 0.6) is 0 Å². The lowest BCUT2D eigenvalue weighted by Gasteiger charge is -2.40. The van der Waals surface area contributed by atoms with Gasteiger partial charge in [-0.15, -0.1) is 0 Å². The highest BCUT2D eigenvalue weighted by Gasteiger charge is 2.41. The summed E-state index contributed by atoms with van der Waals surface area (Å²) >= 11 is 0. The molecule has 0 aromatic heterocycles. The summed E-state index contributed by atoms with van der Waals surface area (Å²) in [4.78, 5) is 11.6. The molecule has 2 bridgehead atoms. The number of fused-ring (bicyclic) bond motifs is 5. The third-order valence-corrected chi connectivity index (χ3v) is 5.36. The van der Waals surface area contributed by atoms with Crippen LogP contribution in [0.1, 0.15) is 58.8 Å². The van der Waals surface area contributed by atoms with Crippen molar-refractivity contribution in [3.05, 3.63) is 11.6 Å². The van der Waals surface area contributed by atoms with Crippen molar-refractivity contribution in [2.24, 2.45) is 11.8 Å². The molecule has 0 aromatic rings. The van der Waals surface area contributed by atoms with Crippen LogP contribution in [0, 0.1) is 11.8 Å². The quantitative estimate of drug-likeness (QED) is 0.625. The van der Waals surface area contributed by atoms with Crippen LogP contribution in [0.4, 0.5) is 0 Å². The van der Waals surface area contributed by atoms with Gasteiger partial charge in [-0.3, -0.25) is 0 Å². The number of ether oxygens (including phenoxy) is 1. The van der Waals surface area contributed by atoms with Gasteiger partial charge in [0.1, 0.15) is 0 Å². The summed E-state index contributed by atoms with van der Waals surface area (Å²) in [5, 5.41) is 3.28. The van der Waals surface area contributed by atoms with Crippen LogP contribution in [-0.2, 0) is 14.5 Å². The van der Waals surface area contributed by atoms with Gasteiger partial charge in [-0.2, -0.15) is 0 Å². The Balaban J connectivity index is 1.67. The van der Waals surface area contributed by atoms with Crippen molar-refractivity contribution in [2.45, 2.75) is 76.8 Å². The summed E-state index contributed by atoms with van der Waals surface area (Å²) in [6.45, 7) is 5.32. The topological polar surface area (TPSA) is 39.7 Å². The third kappa shape index (κ3) is 3.91. The summed E-state index contributed by atoms with van der Waals surface area (Å²) in [6, 6.07) is 0. The molecule has 1 spiro atoms. The maximum absolute atomic E-state index is 6.34. The molecule has 0 amide bonds. The summed E-state index contributed by atoms with van der Waals surface area (Å²) in [7, 11) is 2.02. The molecule has 2 saturated carbocycles. The van der Waals surface area contributed by atoms with Crippen molar-refractivity contribution in [2.75, 3.05) is 13.6 Å². The Morgan fingerprint density at radius 1 is 1.23 bits per heavy atom. The lowest BCUT2D eigenvalue weighted by molar-refractivity contribution is -0.455. The predicted octanol–water partition coefficient (Wildman–Crippen LogP) is 3.57. The molecule has 0 saturated heterocycles. The van der Waals surface area contributed by atoms with Crippen LogP contribution in [0.2, 0.25) is 0 Å². The van der Waals surface area contributed by atoms with Gasteiger partial charge in [0.25, 0.3) is 0 Å². The Hall–Kier alpha value is -0.420. The standard InChI is InChI=1S/C18H31NO3/c1-13-8-16-10-17(11-16)9-14(2)21-22-18(20-13)6-4-15(5-7-18)12-19-3/h8,13-15,17,19H,4-7,9-12H2,1-3H3. The van der Waals surface area contributed by atoms with E-state index in [9.17, 15) is 0 Å². The van der Waals surface area contributed by atoms with Crippen LogP contribution in [0.15, 0.2) is 11.6 Å². The number of nitrogens with one attached hydrogen (secondary N) is 1. The fourth-order valence-electron chi connectivity index (χ4n) is 4.20. The minimum absolute atomic E-state index is 0.105. The minimum atomic E-state index is -0.552. The van der Waals surface area contributed by atoms with Gasteiger partial charge in [0.15, 0.2) is 0 Å². The SMILES string of the molecule is CNCC1CCC2(CC1)OOC(C)CC1CC(=CC(C)O2)C1. The van der Waals surface area contributed by atoms with Gasteiger partial charge in [0.2, 0.25) is 5.79 Å². The van der Waals surface area contributed by atoms with E-state index in [0.29, 0.717) is 0 Å². The molecule has 2 fully saturated rings. The minimum Gasteiger partial charge on any atom is -0.340 e. The van der Waals surface area contributed by atoms with E-state index in [4.69, 9.17) is 14.5 Å². The van der Waals surface area contributed by atoms with E-state index < -0.39 is 5.79 Å². The first-order chi connectivity index (χ1) is 10.6. The van der Waals surface area contributed by atoms with Crippen LogP contribution >= 0.6 is 0 Å². The van der Waals surface area contributed by atoms with E-state index in [1.165, 1.54) is 12.8 Å². The van der Waals surface area contributed by atoms with Gasteiger partial charge in [-0.25, -0.2) is 9.78 Å². The molecule has 4 nitrogen and oxygen atoms in total. The number of rotatable bonds is 2. The average molecular weight is 309 g/mol. The van der Waals surface area contributed by atoms with Gasteiger partial charge in [0.05, 0.1) is 12.2 Å².